The molecule has 6 rings (SSSR count). The van der Waals surface area contributed by atoms with Gasteiger partial charge in [0.1, 0.15) is 0 Å². The molecule has 0 radical (unpaired) electrons. The van der Waals surface area contributed by atoms with Crippen molar-refractivity contribution >= 4 is 34.8 Å². The number of anilines is 1. The minimum absolute atomic E-state index is 0. The molecule has 4 aromatic rings. The molecule has 4 aromatic carbocycles. The van der Waals surface area contributed by atoms with E-state index in [0.717, 1.165) is 28.3 Å². The molecule has 2 saturated carbocycles. The van der Waals surface area contributed by atoms with Gasteiger partial charge in [-0.2, -0.15) is 0 Å². The summed E-state index contributed by atoms with van der Waals surface area (Å²) in [6, 6.07) is 42.3. The van der Waals surface area contributed by atoms with Crippen molar-refractivity contribution in [2.24, 2.45) is 0 Å². The first kappa shape index (κ1) is 48.0. The molecule has 0 spiro atoms. The largest absolute Gasteiger partial charge is 0.378 e. The van der Waals surface area contributed by atoms with Gasteiger partial charge in [0, 0.05) is 39.3 Å². The van der Waals surface area contributed by atoms with Crippen LogP contribution in [0.3, 0.4) is 0 Å². The summed E-state index contributed by atoms with van der Waals surface area (Å²) in [7, 11) is 4.51. The zero-order chi connectivity index (χ0) is 38.7. The van der Waals surface area contributed by atoms with Crippen molar-refractivity contribution in [2.45, 2.75) is 153 Å². The molecule has 2 aliphatic carbocycles. The monoisotopic (exact) mass is 883 g/mol. The van der Waals surface area contributed by atoms with Crippen molar-refractivity contribution < 1.29 is 19.5 Å². The normalized spacial score (nSPS) is 15.1. The van der Waals surface area contributed by atoms with Crippen molar-refractivity contribution in [3.8, 4) is 0 Å². The molecule has 2 aliphatic rings. The van der Waals surface area contributed by atoms with Crippen LogP contribution in [0.15, 0.2) is 115 Å². The predicted octanol–water partition coefficient (Wildman–Crippen LogP) is 15.3. The van der Waals surface area contributed by atoms with Crippen LogP contribution in [0.5, 0.6) is 0 Å². The number of nitrogens with zero attached hydrogens (tertiary/aromatic N) is 1. The van der Waals surface area contributed by atoms with Gasteiger partial charge >= 0.3 is 0 Å². The topological polar surface area (TPSA) is 3.24 Å². The third-order valence-electron chi connectivity index (χ3n) is 11.1. The number of hydrogen-bond donors (Lipinski definition) is 0. The molecule has 0 saturated heterocycles. The molecule has 0 amide bonds. The van der Waals surface area contributed by atoms with Gasteiger partial charge in [-0.15, -0.1) is 0 Å². The average Bonchev–Trinajstić information content (AvgIpc) is 3.17. The summed E-state index contributed by atoms with van der Waals surface area (Å²) in [5.41, 5.74) is 10.4. The number of rotatable bonds is 13. The Morgan fingerprint density at radius 2 is 0.800 bits per heavy atom. The molecular weight excluding hydrogens is 809 g/mol. The third kappa shape index (κ3) is 17.2. The zero-order valence-electron chi connectivity index (χ0n) is 35.7. The van der Waals surface area contributed by atoms with E-state index in [4.69, 9.17) is 0 Å². The second-order valence-electron chi connectivity index (χ2n) is 16.7. The molecule has 0 heterocycles. The van der Waals surface area contributed by atoms with Gasteiger partial charge in [-0.3, -0.25) is 0 Å². The molecule has 0 unspecified atom stereocenters. The van der Waals surface area contributed by atoms with Crippen LogP contribution in [-0.4, -0.2) is 42.4 Å². The summed E-state index contributed by atoms with van der Waals surface area (Å²) in [5.74, 6) is 0. The van der Waals surface area contributed by atoms with E-state index in [0.29, 0.717) is 0 Å². The maximum Gasteiger partial charge on any atom is 0.0361 e. The molecule has 0 bridgehead atoms. The zero-order valence-corrected chi connectivity index (χ0v) is 40.1. The summed E-state index contributed by atoms with van der Waals surface area (Å²) in [5, 5.41) is 1.69. The SMILES string of the molecule is CC(C)P(C(C)C)C(C)C.CN(C)c1ccc(P(C2CCCCC2)C2CCCCC2)cc1.[Ru].c1ccc(CP(Cc2ccccc2)Cc2ccccc2)cc1. The van der Waals surface area contributed by atoms with E-state index in [1.807, 2.05) is 0 Å². The van der Waals surface area contributed by atoms with Crippen molar-refractivity contribution in [3.05, 3.63) is 132 Å². The average molecular weight is 883 g/mol. The Morgan fingerprint density at radius 3 is 1.07 bits per heavy atom. The van der Waals surface area contributed by atoms with Crippen molar-refractivity contribution in [3.63, 3.8) is 0 Å². The fraction of sp³-hybridized carbons (Fsp3) is 0.520. The van der Waals surface area contributed by atoms with Crippen LogP contribution >= 0.6 is 23.8 Å². The molecule has 1 nitrogen and oxygen atoms in total. The van der Waals surface area contributed by atoms with Gasteiger partial charge in [0.05, 0.1) is 0 Å². The molecule has 55 heavy (non-hydrogen) atoms. The van der Waals surface area contributed by atoms with Crippen LogP contribution in [0.25, 0.3) is 0 Å². The minimum atomic E-state index is -0.0895. The summed E-state index contributed by atoms with van der Waals surface area (Å²) in [6.45, 7) is 14.1. The van der Waals surface area contributed by atoms with Gasteiger partial charge in [-0.25, -0.2) is 0 Å². The van der Waals surface area contributed by atoms with Crippen LogP contribution in [0, 0.1) is 0 Å². The Bertz CT molecular complexity index is 1380. The van der Waals surface area contributed by atoms with E-state index in [1.54, 1.807) is 5.30 Å². The molecule has 0 aliphatic heterocycles. The Kier molecular flexibility index (Phi) is 23.2. The summed E-state index contributed by atoms with van der Waals surface area (Å²) in [6.07, 6.45) is 18.4. The van der Waals surface area contributed by atoms with Gasteiger partial charge < -0.3 is 4.90 Å². The van der Waals surface area contributed by atoms with E-state index in [9.17, 15) is 0 Å². The smallest absolute Gasteiger partial charge is 0.0361 e. The van der Waals surface area contributed by atoms with Crippen LogP contribution in [-0.2, 0) is 38.0 Å². The van der Waals surface area contributed by atoms with Gasteiger partial charge in [-0.1, -0.05) is 207 Å². The summed E-state index contributed by atoms with van der Waals surface area (Å²) in [4.78, 5) is 2.22. The quantitative estimate of drug-likeness (QED) is 0.0955. The molecule has 302 valence electrons. The molecule has 2 fully saturated rings. The molecule has 0 aromatic heterocycles. The first-order valence-electron chi connectivity index (χ1n) is 21.3. The fourth-order valence-corrected chi connectivity index (χ4v) is 18.7. The Balaban J connectivity index is 0.000000236. The minimum Gasteiger partial charge on any atom is -0.378 e. The Labute approximate surface area is 355 Å². The summed E-state index contributed by atoms with van der Waals surface area (Å²) < 4.78 is 0. The summed E-state index contributed by atoms with van der Waals surface area (Å²) >= 11 is 0. The Morgan fingerprint density at radius 1 is 0.473 bits per heavy atom. The van der Waals surface area contributed by atoms with Gasteiger partial charge in [0.25, 0.3) is 0 Å². The second kappa shape index (κ2) is 26.6. The van der Waals surface area contributed by atoms with Gasteiger partial charge in [0.15, 0.2) is 0 Å². The molecule has 5 heteroatoms. The second-order valence-corrected chi connectivity index (χ2v) is 25.8. The van der Waals surface area contributed by atoms with E-state index in [-0.39, 0.29) is 43.2 Å². The first-order valence-corrected chi connectivity index (χ1v) is 26.2. The van der Waals surface area contributed by atoms with Crippen molar-refractivity contribution in [2.75, 3.05) is 19.0 Å². The van der Waals surface area contributed by atoms with Crippen LogP contribution in [0.1, 0.15) is 122 Å². The van der Waals surface area contributed by atoms with Crippen molar-refractivity contribution in [1.29, 1.82) is 0 Å². The first-order chi connectivity index (χ1) is 26.1. The van der Waals surface area contributed by atoms with Crippen LogP contribution < -0.4 is 10.2 Å². The standard InChI is InChI=1S/C21H21P.C20H32NP.C9H21P.Ru/c1-4-10-19(11-5-1)16-22(17-20-12-6-2-7-13-20)18-21-14-8-3-9-15-21;1-21(2)17-13-15-20(16-14-17)22(18-9-5-3-6-10-18)19-11-7-4-8-12-19;1-7(2)10(8(3)4)9(5)6;/h1-15H,16-18H2;13-16,18-19H,3-12H2,1-2H3;7-9H,1-6H3;. The van der Waals surface area contributed by atoms with E-state index < -0.39 is 0 Å². The molecule has 0 atom stereocenters. The van der Waals surface area contributed by atoms with Crippen LogP contribution in [0.4, 0.5) is 5.69 Å². The number of hydrogen-bond acceptors (Lipinski definition) is 1. The fourth-order valence-electron chi connectivity index (χ4n) is 8.84. The van der Waals surface area contributed by atoms with Gasteiger partial charge in [0.2, 0.25) is 0 Å². The maximum atomic E-state index is 2.46. The molecule has 0 N–H and O–H groups in total. The predicted molar refractivity (Wildman–Crippen MR) is 251 cm³/mol. The van der Waals surface area contributed by atoms with Crippen molar-refractivity contribution in [1.82, 2.24) is 0 Å². The van der Waals surface area contributed by atoms with E-state index >= 15 is 0 Å². The van der Waals surface area contributed by atoms with Crippen LogP contribution in [0.2, 0.25) is 0 Å². The third-order valence-corrected chi connectivity index (χ3v) is 20.7. The molecular formula is C50H74NP3Ru. The van der Waals surface area contributed by atoms with E-state index in [1.165, 1.54) is 105 Å². The maximum absolute atomic E-state index is 2.46. The van der Waals surface area contributed by atoms with E-state index in [2.05, 4.69) is 176 Å². The van der Waals surface area contributed by atoms with Gasteiger partial charge in [-0.05, 0) is 107 Å². The number of benzene rings is 4. The Hall–Kier alpha value is -1.41.